The van der Waals surface area contributed by atoms with E-state index in [0.717, 1.165) is 17.4 Å². The smallest absolute Gasteiger partial charge is 0.286 e. The molecule has 0 bridgehead atoms. The Morgan fingerprint density at radius 2 is 1.77 bits per heavy atom. The van der Waals surface area contributed by atoms with Crippen molar-refractivity contribution in [1.82, 2.24) is 10.2 Å². The summed E-state index contributed by atoms with van der Waals surface area (Å²) >= 11 is 12.8. The lowest BCUT2D eigenvalue weighted by Gasteiger charge is -2.01. The average molecular weight is 412 g/mol. The van der Waals surface area contributed by atoms with Crippen molar-refractivity contribution in [3.63, 3.8) is 0 Å². The highest BCUT2D eigenvalue weighted by Gasteiger charge is 2.15. The molecule has 0 fully saturated rings. The Bertz CT molecular complexity index is 990. The van der Waals surface area contributed by atoms with Gasteiger partial charge in [-0.3, -0.25) is 4.79 Å². The second-order valence-electron chi connectivity index (χ2n) is 5.01. The average Bonchev–Trinajstić information content (AvgIpc) is 3.11. The van der Waals surface area contributed by atoms with Crippen molar-refractivity contribution in [3.8, 4) is 0 Å². The minimum atomic E-state index is -1.02. The van der Waals surface area contributed by atoms with Gasteiger partial charge in [0.1, 0.15) is 0 Å². The molecular formula is C17H9Cl2F2N3OS. The number of nitrogens with zero attached hydrogens (tertiary/aromatic N) is 2. The largest absolute Gasteiger partial charge is 0.320 e. The van der Waals surface area contributed by atoms with Gasteiger partial charge in [0.15, 0.2) is 16.6 Å². The number of carbonyl (C=O) groups excluding carboxylic acids is 1. The van der Waals surface area contributed by atoms with E-state index in [1.165, 1.54) is 18.2 Å². The molecule has 4 nitrogen and oxygen atoms in total. The molecule has 2 aromatic carbocycles. The monoisotopic (exact) mass is 411 g/mol. The van der Waals surface area contributed by atoms with Gasteiger partial charge in [-0.1, -0.05) is 46.7 Å². The van der Waals surface area contributed by atoms with E-state index >= 15 is 0 Å². The van der Waals surface area contributed by atoms with Crippen molar-refractivity contribution in [1.29, 1.82) is 0 Å². The molecule has 3 aromatic rings. The molecule has 0 saturated heterocycles. The van der Waals surface area contributed by atoms with E-state index in [0.29, 0.717) is 10.7 Å². The molecule has 0 unspecified atom stereocenters. The molecule has 9 heteroatoms. The third-order valence-electron chi connectivity index (χ3n) is 3.19. The van der Waals surface area contributed by atoms with Crippen LogP contribution in [0.2, 0.25) is 5.02 Å². The van der Waals surface area contributed by atoms with Crippen molar-refractivity contribution in [3.05, 3.63) is 74.7 Å². The van der Waals surface area contributed by atoms with E-state index < -0.39 is 17.5 Å². The fourth-order valence-corrected chi connectivity index (χ4v) is 3.00. The van der Waals surface area contributed by atoms with Gasteiger partial charge in [0, 0.05) is 16.3 Å². The zero-order chi connectivity index (χ0) is 18.7. The summed E-state index contributed by atoms with van der Waals surface area (Å²) in [5, 5.41) is 11.1. The number of hydrogen-bond donors (Lipinski definition) is 1. The van der Waals surface area contributed by atoms with Crippen molar-refractivity contribution < 1.29 is 13.6 Å². The second kappa shape index (κ2) is 7.90. The Balaban J connectivity index is 1.78. The van der Waals surface area contributed by atoms with Crippen molar-refractivity contribution in [2.45, 2.75) is 0 Å². The van der Waals surface area contributed by atoms with E-state index in [-0.39, 0.29) is 20.6 Å². The molecule has 1 amide bonds. The van der Waals surface area contributed by atoms with Gasteiger partial charge in [0.05, 0.1) is 5.03 Å². The summed E-state index contributed by atoms with van der Waals surface area (Å²) in [5.74, 6) is -2.48. The predicted molar refractivity (Wildman–Crippen MR) is 99.4 cm³/mol. The quantitative estimate of drug-likeness (QED) is 0.619. The molecule has 0 saturated carbocycles. The van der Waals surface area contributed by atoms with Gasteiger partial charge < -0.3 is 5.32 Å². The number of amides is 1. The number of anilines is 1. The molecule has 0 aliphatic carbocycles. The maximum atomic E-state index is 13.7. The normalized spacial score (nSPS) is 11.5. The summed E-state index contributed by atoms with van der Waals surface area (Å²) in [6, 6.07) is 10.3. The molecule has 0 spiro atoms. The third kappa shape index (κ3) is 4.24. The van der Waals surface area contributed by atoms with Crippen LogP contribution in [0, 0.1) is 11.6 Å². The van der Waals surface area contributed by atoms with E-state index in [2.05, 4.69) is 15.5 Å². The van der Waals surface area contributed by atoms with Gasteiger partial charge in [-0.25, -0.2) is 8.78 Å². The highest BCUT2D eigenvalue weighted by atomic mass is 35.5. The lowest BCUT2D eigenvalue weighted by atomic mass is 10.2. The number of hydrogen-bond acceptors (Lipinski definition) is 4. The third-order valence-corrected chi connectivity index (χ3v) is 4.80. The fourth-order valence-electron chi connectivity index (χ4n) is 1.96. The van der Waals surface area contributed by atoms with Crippen LogP contribution in [0.25, 0.3) is 11.1 Å². The number of carbonyl (C=O) groups is 1. The zero-order valence-electron chi connectivity index (χ0n) is 12.8. The predicted octanol–water partition coefficient (Wildman–Crippen LogP) is 5.46. The summed E-state index contributed by atoms with van der Waals surface area (Å²) in [4.78, 5) is 12.2. The molecule has 132 valence electrons. The Labute approximate surface area is 161 Å². The van der Waals surface area contributed by atoms with Crippen LogP contribution < -0.4 is 5.32 Å². The minimum Gasteiger partial charge on any atom is -0.320 e. The Morgan fingerprint density at radius 3 is 2.50 bits per heavy atom. The molecule has 0 atom stereocenters. The van der Waals surface area contributed by atoms with Crippen LogP contribution in [-0.4, -0.2) is 16.1 Å². The van der Waals surface area contributed by atoms with E-state index in [1.807, 2.05) is 0 Å². The Hall–Kier alpha value is -2.35. The van der Waals surface area contributed by atoms with E-state index in [9.17, 15) is 13.6 Å². The van der Waals surface area contributed by atoms with Crippen LogP contribution >= 0.6 is 34.5 Å². The van der Waals surface area contributed by atoms with Crippen LogP contribution in [0.1, 0.15) is 20.4 Å². The van der Waals surface area contributed by atoms with Crippen molar-refractivity contribution >= 4 is 57.2 Å². The summed E-state index contributed by atoms with van der Waals surface area (Å²) in [6.45, 7) is 0. The first kappa shape index (κ1) is 18.4. The summed E-state index contributed by atoms with van der Waals surface area (Å²) in [7, 11) is 0. The SMILES string of the molecule is O=C(Nc1ccc(Cl)cc1)c1nnc(C(Cl)=Cc2cccc(F)c2F)s1. The Morgan fingerprint density at radius 1 is 1.08 bits per heavy atom. The van der Waals surface area contributed by atoms with Gasteiger partial charge in [-0.15, -0.1) is 10.2 Å². The standard InChI is InChI=1S/C17H9Cl2F2N3OS/c18-10-4-6-11(7-5-10)22-15(25)17-24-23-16(26-17)12(19)8-9-2-1-3-13(20)14(9)21/h1-8H,(H,22,25). The molecule has 0 aliphatic heterocycles. The number of benzene rings is 2. The van der Waals surface area contributed by atoms with Crippen LogP contribution in [-0.2, 0) is 0 Å². The number of nitrogens with one attached hydrogen (secondary N) is 1. The maximum absolute atomic E-state index is 13.7. The molecule has 26 heavy (non-hydrogen) atoms. The second-order valence-corrected chi connectivity index (χ2v) is 6.83. The van der Waals surface area contributed by atoms with Crippen LogP contribution in [0.4, 0.5) is 14.5 Å². The van der Waals surface area contributed by atoms with Crippen LogP contribution in [0.3, 0.4) is 0 Å². The zero-order valence-corrected chi connectivity index (χ0v) is 15.2. The molecule has 0 radical (unpaired) electrons. The summed E-state index contributed by atoms with van der Waals surface area (Å²) in [6.07, 6.45) is 1.22. The Kier molecular flexibility index (Phi) is 5.61. The van der Waals surface area contributed by atoms with Crippen LogP contribution in [0.15, 0.2) is 42.5 Å². The number of halogens is 4. The molecule has 1 heterocycles. The molecule has 1 aromatic heterocycles. The molecular weight excluding hydrogens is 403 g/mol. The summed E-state index contributed by atoms with van der Waals surface area (Å²) in [5.41, 5.74) is 0.511. The van der Waals surface area contributed by atoms with Gasteiger partial charge in [-0.05, 0) is 36.4 Å². The maximum Gasteiger partial charge on any atom is 0.286 e. The van der Waals surface area contributed by atoms with Crippen LogP contribution in [0.5, 0.6) is 0 Å². The van der Waals surface area contributed by atoms with E-state index in [4.69, 9.17) is 23.2 Å². The first-order valence-electron chi connectivity index (χ1n) is 7.16. The number of rotatable bonds is 4. The molecule has 1 N–H and O–H groups in total. The molecule has 3 rings (SSSR count). The fraction of sp³-hybridized carbons (Fsp3) is 0. The lowest BCUT2D eigenvalue weighted by molar-refractivity contribution is 0.102. The highest BCUT2D eigenvalue weighted by molar-refractivity contribution is 7.15. The van der Waals surface area contributed by atoms with Gasteiger partial charge >= 0.3 is 0 Å². The van der Waals surface area contributed by atoms with Crippen molar-refractivity contribution in [2.75, 3.05) is 5.32 Å². The minimum absolute atomic E-state index is 0.0302. The first-order valence-corrected chi connectivity index (χ1v) is 8.73. The van der Waals surface area contributed by atoms with E-state index in [1.54, 1.807) is 24.3 Å². The number of aromatic nitrogens is 2. The summed E-state index contributed by atoms with van der Waals surface area (Å²) < 4.78 is 26.9. The highest BCUT2D eigenvalue weighted by Crippen LogP contribution is 2.27. The molecule has 0 aliphatic rings. The van der Waals surface area contributed by atoms with Gasteiger partial charge in [0.2, 0.25) is 5.01 Å². The van der Waals surface area contributed by atoms with Gasteiger partial charge in [0.25, 0.3) is 5.91 Å². The first-order chi connectivity index (χ1) is 12.4. The van der Waals surface area contributed by atoms with Crippen molar-refractivity contribution in [2.24, 2.45) is 0 Å². The van der Waals surface area contributed by atoms with Gasteiger partial charge in [-0.2, -0.15) is 0 Å². The topological polar surface area (TPSA) is 54.9 Å². The lowest BCUT2D eigenvalue weighted by Crippen LogP contribution is -2.11.